The Balaban J connectivity index is 2.11. The summed E-state index contributed by atoms with van der Waals surface area (Å²) < 4.78 is 5.31. The minimum atomic E-state index is -0.793. The summed E-state index contributed by atoms with van der Waals surface area (Å²) in [5.41, 5.74) is -0.671. The molecule has 1 aromatic rings. The lowest BCUT2D eigenvalue weighted by Gasteiger charge is -2.33. The zero-order chi connectivity index (χ0) is 21.6. The smallest absolute Gasteiger partial charge is 0.408 e. The first kappa shape index (κ1) is 22.4. The second-order valence-electron chi connectivity index (χ2n) is 8.09. The van der Waals surface area contributed by atoms with Crippen LogP contribution in [0.4, 0.5) is 15.4 Å². The molecule has 9 nitrogen and oxygen atoms in total. The van der Waals surface area contributed by atoms with Gasteiger partial charge in [-0.15, -0.1) is 0 Å². The van der Waals surface area contributed by atoms with E-state index in [1.165, 1.54) is 10.0 Å². The van der Waals surface area contributed by atoms with Crippen molar-refractivity contribution in [3.05, 3.63) is 24.4 Å². The van der Waals surface area contributed by atoms with Crippen molar-refractivity contribution >= 4 is 23.8 Å². The summed E-state index contributed by atoms with van der Waals surface area (Å²) >= 11 is 0. The summed E-state index contributed by atoms with van der Waals surface area (Å²) in [4.78, 5) is 42.2. The number of hydrogen-bond donors (Lipinski definition) is 2. The Kier molecular flexibility index (Phi) is 7.41. The minimum Gasteiger partial charge on any atom is -0.444 e. The van der Waals surface area contributed by atoms with Crippen LogP contribution in [-0.4, -0.2) is 57.8 Å². The average Bonchev–Trinajstić information content (AvgIpc) is 3.14. The number of pyridine rings is 1. The van der Waals surface area contributed by atoms with Crippen LogP contribution in [0.1, 0.15) is 47.5 Å². The van der Waals surface area contributed by atoms with Gasteiger partial charge in [0.15, 0.2) is 0 Å². The molecule has 2 N–H and O–H groups in total. The van der Waals surface area contributed by atoms with Crippen LogP contribution in [0.25, 0.3) is 0 Å². The van der Waals surface area contributed by atoms with Crippen LogP contribution >= 0.6 is 0 Å². The number of hydrogen-bond acceptors (Lipinski definition) is 5. The van der Waals surface area contributed by atoms with Crippen LogP contribution in [0.2, 0.25) is 0 Å². The van der Waals surface area contributed by atoms with Gasteiger partial charge in [-0.2, -0.15) is 0 Å². The second-order valence-corrected chi connectivity index (χ2v) is 8.09. The molecule has 0 saturated carbocycles. The molecule has 160 valence electrons. The molecular weight excluding hydrogens is 374 g/mol. The van der Waals surface area contributed by atoms with Gasteiger partial charge in [-0.3, -0.25) is 10.1 Å². The quantitative estimate of drug-likeness (QED) is 0.784. The van der Waals surface area contributed by atoms with Crippen molar-refractivity contribution in [3.8, 4) is 0 Å². The van der Waals surface area contributed by atoms with Crippen molar-refractivity contribution in [2.24, 2.45) is 5.92 Å². The third kappa shape index (κ3) is 6.33. The van der Waals surface area contributed by atoms with Gasteiger partial charge in [-0.05, 0) is 45.2 Å². The van der Waals surface area contributed by atoms with Crippen LogP contribution in [0.3, 0.4) is 0 Å². The molecule has 0 spiro atoms. The predicted octanol–water partition coefficient (Wildman–Crippen LogP) is 3.00. The monoisotopic (exact) mass is 405 g/mol. The van der Waals surface area contributed by atoms with Gasteiger partial charge >= 0.3 is 12.1 Å². The Hall–Kier alpha value is -2.84. The van der Waals surface area contributed by atoms with Crippen LogP contribution in [0.15, 0.2) is 24.4 Å². The summed E-state index contributed by atoms with van der Waals surface area (Å²) in [7, 11) is 0. The lowest BCUT2D eigenvalue weighted by atomic mass is 9.98. The number of nitrogens with one attached hydrogen (secondary N) is 2. The molecule has 0 aliphatic carbocycles. The molecule has 29 heavy (non-hydrogen) atoms. The number of hydrazine groups is 1. The number of carbonyl (C=O) groups excluding carboxylic acids is 3. The third-order valence-electron chi connectivity index (χ3n) is 4.57. The number of aromatic nitrogens is 1. The molecular formula is C20H31N5O4. The molecule has 0 aromatic carbocycles. The normalized spacial score (nSPS) is 16.2. The fourth-order valence-electron chi connectivity index (χ4n) is 2.94. The zero-order valence-corrected chi connectivity index (χ0v) is 17.8. The lowest BCUT2D eigenvalue weighted by molar-refractivity contribution is -0.143. The van der Waals surface area contributed by atoms with E-state index in [0.29, 0.717) is 31.7 Å². The molecule has 4 amide bonds. The molecule has 1 fully saturated rings. The van der Waals surface area contributed by atoms with Gasteiger partial charge in [0, 0.05) is 19.3 Å². The molecule has 0 bridgehead atoms. The maximum absolute atomic E-state index is 13.2. The van der Waals surface area contributed by atoms with Crippen LogP contribution in [0.5, 0.6) is 0 Å². The van der Waals surface area contributed by atoms with Crippen molar-refractivity contribution in [1.29, 1.82) is 0 Å². The Labute approximate surface area is 171 Å². The molecule has 0 radical (unpaired) electrons. The summed E-state index contributed by atoms with van der Waals surface area (Å²) in [6.07, 6.45) is 2.26. The van der Waals surface area contributed by atoms with Gasteiger partial charge in [0.1, 0.15) is 17.5 Å². The van der Waals surface area contributed by atoms with E-state index in [4.69, 9.17) is 4.74 Å². The van der Waals surface area contributed by atoms with Gasteiger partial charge in [0.05, 0.1) is 0 Å². The van der Waals surface area contributed by atoms with E-state index in [1.807, 2.05) is 13.8 Å². The van der Waals surface area contributed by atoms with E-state index >= 15 is 0 Å². The van der Waals surface area contributed by atoms with Gasteiger partial charge < -0.3 is 10.1 Å². The molecule has 1 aromatic heterocycles. The molecule has 1 aliphatic rings. The highest BCUT2D eigenvalue weighted by Gasteiger charge is 2.38. The van der Waals surface area contributed by atoms with Crippen LogP contribution in [0, 0.1) is 5.92 Å². The molecule has 1 aliphatic heterocycles. The highest BCUT2D eigenvalue weighted by Crippen LogP contribution is 2.19. The highest BCUT2D eigenvalue weighted by molar-refractivity contribution is 5.92. The minimum absolute atomic E-state index is 0.128. The van der Waals surface area contributed by atoms with E-state index in [2.05, 4.69) is 15.6 Å². The van der Waals surface area contributed by atoms with Crippen molar-refractivity contribution in [2.45, 2.75) is 59.1 Å². The first-order chi connectivity index (χ1) is 13.6. The molecule has 9 heteroatoms. The molecule has 2 atom stereocenters. The summed E-state index contributed by atoms with van der Waals surface area (Å²) in [6, 6.07) is 3.96. The maximum Gasteiger partial charge on any atom is 0.408 e. The molecule has 1 saturated heterocycles. The number of nitrogens with zero attached hydrogens (tertiary/aromatic N) is 3. The van der Waals surface area contributed by atoms with Crippen molar-refractivity contribution in [1.82, 2.24) is 20.3 Å². The SMILES string of the molecule is CC[C@H](C)[C@H](NC(=O)OC(C)(C)C)C(=O)N1CCCN1C(=O)Nc1ccccn1. The Bertz CT molecular complexity index is 719. The lowest BCUT2D eigenvalue weighted by Crippen LogP contribution is -2.56. The topological polar surface area (TPSA) is 104 Å². The number of carbonyl (C=O) groups is 3. The van der Waals surface area contributed by atoms with Crippen molar-refractivity contribution < 1.29 is 19.1 Å². The zero-order valence-electron chi connectivity index (χ0n) is 17.8. The molecule has 0 unspecified atom stereocenters. The third-order valence-corrected chi connectivity index (χ3v) is 4.57. The van der Waals surface area contributed by atoms with E-state index < -0.39 is 23.8 Å². The Morgan fingerprint density at radius 2 is 1.90 bits per heavy atom. The number of ether oxygens (including phenoxy) is 1. The van der Waals surface area contributed by atoms with Gasteiger partial charge in [0.25, 0.3) is 5.91 Å². The Morgan fingerprint density at radius 3 is 2.48 bits per heavy atom. The molecule has 2 heterocycles. The van der Waals surface area contributed by atoms with Gasteiger partial charge in [0.2, 0.25) is 0 Å². The van der Waals surface area contributed by atoms with Crippen molar-refractivity contribution in [2.75, 3.05) is 18.4 Å². The van der Waals surface area contributed by atoms with E-state index in [0.717, 1.165) is 0 Å². The average molecular weight is 405 g/mol. The number of rotatable bonds is 5. The summed E-state index contributed by atoms with van der Waals surface area (Å²) in [5.74, 6) is -0.0580. The fourth-order valence-corrected chi connectivity index (χ4v) is 2.94. The largest absolute Gasteiger partial charge is 0.444 e. The number of urea groups is 1. The van der Waals surface area contributed by atoms with Crippen molar-refractivity contribution in [3.63, 3.8) is 0 Å². The Morgan fingerprint density at radius 1 is 1.21 bits per heavy atom. The summed E-state index contributed by atoms with van der Waals surface area (Å²) in [6.45, 7) is 9.91. The van der Waals surface area contributed by atoms with Crippen LogP contribution < -0.4 is 10.6 Å². The summed E-state index contributed by atoms with van der Waals surface area (Å²) in [5, 5.41) is 8.14. The van der Waals surface area contributed by atoms with Gasteiger partial charge in [-0.1, -0.05) is 26.3 Å². The fraction of sp³-hybridized carbons (Fsp3) is 0.600. The number of alkyl carbamates (subject to hydrolysis) is 1. The van der Waals surface area contributed by atoms with Gasteiger partial charge in [-0.25, -0.2) is 24.6 Å². The predicted molar refractivity (Wildman–Crippen MR) is 109 cm³/mol. The first-order valence-electron chi connectivity index (χ1n) is 9.92. The number of amides is 4. The number of anilines is 1. The van der Waals surface area contributed by atoms with E-state index in [9.17, 15) is 14.4 Å². The maximum atomic E-state index is 13.2. The molecule has 2 rings (SSSR count). The van der Waals surface area contributed by atoms with Crippen LogP contribution in [-0.2, 0) is 9.53 Å². The standard InChI is InChI=1S/C20H31N5O4/c1-6-14(2)16(23-19(28)29-20(3,4)5)17(26)24-12-9-13-25(24)18(27)22-15-10-7-8-11-21-15/h7-8,10-11,14,16H,6,9,12-13H2,1-5H3,(H,23,28)(H,21,22,27)/t14-,16-/m0/s1. The second kappa shape index (κ2) is 9.58. The van der Waals surface area contributed by atoms with E-state index in [-0.39, 0.29) is 11.8 Å². The van der Waals surface area contributed by atoms with E-state index in [1.54, 1.807) is 45.2 Å². The highest BCUT2D eigenvalue weighted by atomic mass is 16.6. The first-order valence-corrected chi connectivity index (χ1v) is 9.92.